The Morgan fingerprint density at radius 1 is 0.941 bits per heavy atom. The van der Waals surface area contributed by atoms with Crippen LogP contribution >= 0.6 is 11.6 Å². The van der Waals surface area contributed by atoms with Gasteiger partial charge in [-0.15, -0.1) is 0 Å². The van der Waals surface area contributed by atoms with Gasteiger partial charge >= 0.3 is 0 Å². The summed E-state index contributed by atoms with van der Waals surface area (Å²) < 4.78 is 5.80. The molecule has 6 heteroatoms. The monoisotopic (exact) mass is 478 g/mol. The zero-order valence-corrected chi connectivity index (χ0v) is 20.6. The standard InChI is InChI=1S/C28H31ClN2O3/c1-20(2)30-28(33)26(17-22-10-6-4-7-11-22)31(18-23-12-8-5-9-13-23)27(32)19-34-24-14-15-25(29)21(3)16-24/h4-16,20,26H,17-19H2,1-3H3,(H,30,33). The maximum atomic E-state index is 13.5. The molecule has 2 amide bonds. The Labute approximate surface area is 206 Å². The van der Waals surface area contributed by atoms with Crippen molar-refractivity contribution in [2.45, 2.75) is 45.8 Å². The van der Waals surface area contributed by atoms with Gasteiger partial charge in [0.25, 0.3) is 5.91 Å². The van der Waals surface area contributed by atoms with E-state index in [1.54, 1.807) is 23.1 Å². The fourth-order valence-electron chi connectivity index (χ4n) is 3.65. The highest BCUT2D eigenvalue weighted by molar-refractivity contribution is 6.31. The maximum Gasteiger partial charge on any atom is 0.261 e. The normalized spacial score (nSPS) is 11.7. The van der Waals surface area contributed by atoms with E-state index in [4.69, 9.17) is 16.3 Å². The highest BCUT2D eigenvalue weighted by Gasteiger charge is 2.31. The van der Waals surface area contributed by atoms with Crippen LogP contribution in [0.5, 0.6) is 5.75 Å². The Bertz CT molecular complexity index is 1090. The second-order valence-electron chi connectivity index (χ2n) is 8.58. The molecule has 0 saturated carbocycles. The Morgan fingerprint density at radius 3 is 2.15 bits per heavy atom. The molecule has 0 aliphatic heterocycles. The smallest absolute Gasteiger partial charge is 0.261 e. The minimum atomic E-state index is -0.687. The van der Waals surface area contributed by atoms with Gasteiger partial charge in [-0.25, -0.2) is 0 Å². The Balaban J connectivity index is 1.88. The topological polar surface area (TPSA) is 58.6 Å². The van der Waals surface area contributed by atoms with Gasteiger partial charge in [-0.2, -0.15) is 0 Å². The number of rotatable bonds is 10. The molecule has 0 aliphatic rings. The number of halogens is 1. The van der Waals surface area contributed by atoms with Crippen molar-refractivity contribution in [1.29, 1.82) is 0 Å². The molecule has 3 rings (SSSR count). The van der Waals surface area contributed by atoms with E-state index in [2.05, 4.69) is 5.32 Å². The van der Waals surface area contributed by atoms with E-state index in [0.717, 1.165) is 16.7 Å². The van der Waals surface area contributed by atoms with Gasteiger partial charge in [0.2, 0.25) is 5.91 Å². The van der Waals surface area contributed by atoms with Crippen LogP contribution in [0.3, 0.4) is 0 Å². The van der Waals surface area contributed by atoms with Crippen LogP contribution in [0.1, 0.15) is 30.5 Å². The Kier molecular flexibility index (Phi) is 9.11. The van der Waals surface area contributed by atoms with Crippen molar-refractivity contribution in [3.8, 4) is 5.75 Å². The van der Waals surface area contributed by atoms with Crippen LogP contribution in [-0.4, -0.2) is 35.4 Å². The molecular weight excluding hydrogens is 448 g/mol. The predicted molar refractivity (Wildman–Crippen MR) is 136 cm³/mol. The summed E-state index contributed by atoms with van der Waals surface area (Å²) >= 11 is 6.10. The number of nitrogens with one attached hydrogen (secondary N) is 1. The largest absolute Gasteiger partial charge is 0.484 e. The SMILES string of the molecule is Cc1cc(OCC(=O)N(Cc2ccccc2)C(Cc2ccccc2)C(=O)NC(C)C)ccc1Cl. The average molecular weight is 479 g/mol. The third-order valence-electron chi connectivity index (χ3n) is 5.39. The molecule has 0 radical (unpaired) electrons. The summed E-state index contributed by atoms with van der Waals surface area (Å²) in [6, 6.07) is 23.9. The molecule has 0 saturated heterocycles. The lowest BCUT2D eigenvalue weighted by molar-refractivity contribution is -0.143. The first-order valence-corrected chi connectivity index (χ1v) is 11.8. The molecule has 1 unspecified atom stereocenters. The lowest BCUT2D eigenvalue weighted by Gasteiger charge is -2.32. The van der Waals surface area contributed by atoms with Crippen molar-refractivity contribution in [3.05, 3.63) is 101 Å². The molecule has 5 nitrogen and oxygen atoms in total. The zero-order chi connectivity index (χ0) is 24.5. The number of hydrogen-bond donors (Lipinski definition) is 1. The van der Waals surface area contributed by atoms with Crippen LogP contribution in [-0.2, 0) is 22.6 Å². The molecule has 1 atom stereocenters. The van der Waals surface area contributed by atoms with Gasteiger partial charge < -0.3 is 15.0 Å². The van der Waals surface area contributed by atoms with Crippen LogP contribution in [0.4, 0.5) is 0 Å². The summed E-state index contributed by atoms with van der Waals surface area (Å²) in [6.45, 7) is 5.81. The number of hydrogen-bond acceptors (Lipinski definition) is 3. The van der Waals surface area contributed by atoms with E-state index in [1.165, 1.54) is 0 Å². The Hall–Kier alpha value is -3.31. The minimum Gasteiger partial charge on any atom is -0.484 e. The van der Waals surface area contributed by atoms with E-state index in [0.29, 0.717) is 23.7 Å². The molecule has 0 aliphatic carbocycles. The number of carbonyl (C=O) groups excluding carboxylic acids is 2. The van der Waals surface area contributed by atoms with Crippen molar-refractivity contribution in [2.75, 3.05) is 6.61 Å². The summed E-state index contributed by atoms with van der Waals surface area (Å²) in [5.41, 5.74) is 2.78. The van der Waals surface area contributed by atoms with Crippen LogP contribution in [0.2, 0.25) is 5.02 Å². The maximum absolute atomic E-state index is 13.5. The van der Waals surface area contributed by atoms with E-state index in [-0.39, 0.29) is 24.5 Å². The molecule has 0 aromatic heterocycles. The molecule has 3 aromatic carbocycles. The number of aryl methyl sites for hydroxylation is 1. The fourth-order valence-corrected chi connectivity index (χ4v) is 3.77. The van der Waals surface area contributed by atoms with Gasteiger partial charge in [0, 0.05) is 24.0 Å². The average Bonchev–Trinajstić information content (AvgIpc) is 2.82. The molecule has 0 fully saturated rings. The third kappa shape index (κ3) is 7.35. The molecule has 34 heavy (non-hydrogen) atoms. The molecule has 0 spiro atoms. The van der Waals surface area contributed by atoms with Gasteiger partial charge in [-0.05, 0) is 55.7 Å². The Morgan fingerprint density at radius 2 is 1.56 bits per heavy atom. The molecular formula is C28H31ClN2O3. The summed E-state index contributed by atoms with van der Waals surface area (Å²) in [6.07, 6.45) is 0.401. The van der Waals surface area contributed by atoms with Gasteiger partial charge in [-0.1, -0.05) is 72.3 Å². The number of ether oxygens (including phenoxy) is 1. The molecule has 178 valence electrons. The fraction of sp³-hybridized carbons (Fsp3) is 0.286. The minimum absolute atomic E-state index is 0.0484. The van der Waals surface area contributed by atoms with E-state index in [1.807, 2.05) is 81.4 Å². The van der Waals surface area contributed by atoms with Crippen molar-refractivity contribution >= 4 is 23.4 Å². The predicted octanol–water partition coefficient (Wildman–Crippen LogP) is 5.19. The summed E-state index contributed by atoms with van der Waals surface area (Å²) in [7, 11) is 0. The first-order chi connectivity index (χ1) is 16.3. The highest BCUT2D eigenvalue weighted by Crippen LogP contribution is 2.21. The summed E-state index contributed by atoms with van der Waals surface area (Å²) in [4.78, 5) is 28.4. The first-order valence-electron chi connectivity index (χ1n) is 11.4. The van der Waals surface area contributed by atoms with Gasteiger partial charge in [0.1, 0.15) is 11.8 Å². The van der Waals surface area contributed by atoms with Gasteiger partial charge in [0.15, 0.2) is 6.61 Å². The number of amides is 2. The molecule has 1 N–H and O–H groups in total. The summed E-state index contributed by atoms with van der Waals surface area (Å²) in [5, 5.41) is 3.62. The van der Waals surface area contributed by atoms with Gasteiger partial charge in [-0.3, -0.25) is 9.59 Å². The number of nitrogens with zero attached hydrogens (tertiary/aromatic N) is 1. The summed E-state index contributed by atoms with van der Waals surface area (Å²) in [5.74, 6) is 0.0999. The van der Waals surface area contributed by atoms with Crippen LogP contribution in [0.15, 0.2) is 78.9 Å². The zero-order valence-electron chi connectivity index (χ0n) is 19.8. The van der Waals surface area contributed by atoms with Crippen molar-refractivity contribution in [3.63, 3.8) is 0 Å². The highest BCUT2D eigenvalue weighted by atomic mass is 35.5. The second kappa shape index (κ2) is 12.2. The van der Waals surface area contributed by atoms with Crippen molar-refractivity contribution in [2.24, 2.45) is 0 Å². The quantitative estimate of drug-likeness (QED) is 0.436. The van der Waals surface area contributed by atoms with Crippen molar-refractivity contribution < 1.29 is 14.3 Å². The second-order valence-corrected chi connectivity index (χ2v) is 8.98. The van der Waals surface area contributed by atoms with Crippen LogP contribution in [0.25, 0.3) is 0 Å². The molecule has 0 bridgehead atoms. The van der Waals surface area contributed by atoms with Crippen molar-refractivity contribution in [1.82, 2.24) is 10.2 Å². The van der Waals surface area contributed by atoms with Crippen LogP contribution < -0.4 is 10.1 Å². The van der Waals surface area contributed by atoms with E-state index in [9.17, 15) is 9.59 Å². The number of benzene rings is 3. The first kappa shape index (κ1) is 25.3. The lowest BCUT2D eigenvalue weighted by Crippen LogP contribution is -2.52. The third-order valence-corrected chi connectivity index (χ3v) is 5.81. The van der Waals surface area contributed by atoms with E-state index >= 15 is 0 Å². The molecule has 3 aromatic rings. The number of carbonyl (C=O) groups is 2. The van der Waals surface area contributed by atoms with E-state index < -0.39 is 6.04 Å². The van der Waals surface area contributed by atoms with Crippen LogP contribution in [0, 0.1) is 6.92 Å². The van der Waals surface area contributed by atoms with Gasteiger partial charge in [0.05, 0.1) is 0 Å². The molecule has 0 heterocycles. The lowest BCUT2D eigenvalue weighted by atomic mass is 10.0.